The first-order valence-corrected chi connectivity index (χ1v) is 5.49. The van der Waals surface area contributed by atoms with Gasteiger partial charge in [0.1, 0.15) is 11.5 Å². The molecule has 1 rings (SSSR count). The minimum absolute atomic E-state index is 0.0299. The summed E-state index contributed by atoms with van der Waals surface area (Å²) in [6.45, 7) is 5.01. The Kier molecular flexibility index (Phi) is 4.66. The highest BCUT2D eigenvalue weighted by molar-refractivity contribution is 5.95. The fraction of sp³-hybridized carbons (Fsp3) is 0.286. The van der Waals surface area contributed by atoms with Crippen LogP contribution in [0.5, 0.6) is 0 Å². The summed E-state index contributed by atoms with van der Waals surface area (Å²) in [7, 11) is 1.32. The van der Waals surface area contributed by atoms with Crippen molar-refractivity contribution in [1.82, 2.24) is 0 Å². The normalized spacial score (nSPS) is 11.9. The van der Waals surface area contributed by atoms with E-state index in [1.54, 1.807) is 32.1 Å². The number of carbonyl (C=O) groups is 2. The number of hydrogen-bond acceptors (Lipinski definition) is 4. The van der Waals surface area contributed by atoms with E-state index >= 15 is 0 Å². The molecule has 0 spiro atoms. The van der Waals surface area contributed by atoms with Gasteiger partial charge in [0.15, 0.2) is 5.78 Å². The van der Waals surface area contributed by atoms with Gasteiger partial charge in [-0.3, -0.25) is 4.79 Å². The van der Waals surface area contributed by atoms with Gasteiger partial charge in [0.2, 0.25) is 0 Å². The third-order valence-corrected chi connectivity index (χ3v) is 2.37. The number of allylic oxidation sites excluding steroid dienone is 2. The molecule has 4 heteroatoms. The molecule has 0 aromatic carbocycles. The molecule has 0 unspecified atom stereocenters. The quantitative estimate of drug-likeness (QED) is 0.356. The summed E-state index contributed by atoms with van der Waals surface area (Å²) < 4.78 is 9.92. The highest BCUT2D eigenvalue weighted by Gasteiger charge is 2.09. The molecule has 96 valence electrons. The number of carbonyl (C=O) groups excluding carboxylic acids is 2. The van der Waals surface area contributed by atoms with Crippen LogP contribution in [-0.4, -0.2) is 18.9 Å². The average Bonchev–Trinajstić information content (AvgIpc) is 2.68. The molecule has 0 aliphatic carbocycles. The molecule has 0 aliphatic heterocycles. The SMILES string of the molecule is COC(=O)/C=C(C)/C=C\c1cc(C(C)=O)c(C)o1. The second-order valence-electron chi connectivity index (χ2n) is 3.92. The number of aryl methyl sites for hydroxylation is 1. The Balaban J connectivity index is 2.85. The van der Waals surface area contributed by atoms with Gasteiger partial charge < -0.3 is 9.15 Å². The number of ketones is 1. The molecule has 0 atom stereocenters. The zero-order chi connectivity index (χ0) is 13.7. The summed E-state index contributed by atoms with van der Waals surface area (Å²) in [5.41, 5.74) is 1.31. The molecule has 0 amide bonds. The van der Waals surface area contributed by atoms with E-state index in [-0.39, 0.29) is 5.78 Å². The van der Waals surface area contributed by atoms with E-state index in [0.29, 0.717) is 17.1 Å². The van der Waals surface area contributed by atoms with Crippen LogP contribution < -0.4 is 0 Å². The van der Waals surface area contributed by atoms with Gasteiger partial charge in [0.25, 0.3) is 0 Å². The van der Waals surface area contributed by atoms with Gasteiger partial charge in [0.05, 0.1) is 12.7 Å². The largest absolute Gasteiger partial charge is 0.466 e. The van der Waals surface area contributed by atoms with E-state index in [0.717, 1.165) is 5.57 Å². The van der Waals surface area contributed by atoms with Crippen molar-refractivity contribution in [3.8, 4) is 0 Å². The number of rotatable bonds is 4. The maximum absolute atomic E-state index is 11.2. The summed E-state index contributed by atoms with van der Waals surface area (Å²) in [6.07, 6.45) is 4.80. The van der Waals surface area contributed by atoms with Gasteiger partial charge in [-0.1, -0.05) is 6.08 Å². The molecule has 0 fully saturated rings. The lowest BCUT2D eigenvalue weighted by atomic mass is 10.2. The molecule has 0 aliphatic rings. The number of Topliss-reactive ketones (excluding diaryl/α,β-unsaturated/α-hetero) is 1. The van der Waals surface area contributed by atoms with Gasteiger partial charge >= 0.3 is 5.97 Å². The van der Waals surface area contributed by atoms with Gasteiger partial charge in [-0.05, 0) is 38.5 Å². The third kappa shape index (κ3) is 3.73. The fourth-order valence-electron chi connectivity index (χ4n) is 1.44. The van der Waals surface area contributed by atoms with Crippen LogP contribution in [0.3, 0.4) is 0 Å². The third-order valence-electron chi connectivity index (χ3n) is 2.37. The molecule has 0 saturated carbocycles. The standard InChI is InChI=1S/C14H16O4/c1-9(7-14(16)17-4)5-6-12-8-13(10(2)15)11(3)18-12/h5-8H,1-4H3/b6-5-,9-7+. The zero-order valence-corrected chi connectivity index (χ0v) is 10.9. The fourth-order valence-corrected chi connectivity index (χ4v) is 1.44. The molecular formula is C14H16O4. The van der Waals surface area contributed by atoms with Gasteiger partial charge in [-0.25, -0.2) is 4.79 Å². The molecule has 1 aromatic rings. The highest BCUT2D eigenvalue weighted by Crippen LogP contribution is 2.17. The molecule has 0 radical (unpaired) electrons. The monoisotopic (exact) mass is 248 g/mol. The van der Waals surface area contributed by atoms with Crippen LogP contribution in [-0.2, 0) is 9.53 Å². The summed E-state index contributed by atoms with van der Waals surface area (Å²) in [4.78, 5) is 22.2. The van der Waals surface area contributed by atoms with Crippen LogP contribution >= 0.6 is 0 Å². The molecular weight excluding hydrogens is 232 g/mol. The Morgan fingerprint density at radius 1 is 1.33 bits per heavy atom. The molecule has 0 N–H and O–H groups in total. The number of furan rings is 1. The van der Waals surface area contributed by atoms with Gasteiger partial charge in [-0.2, -0.15) is 0 Å². The number of esters is 1. The first-order valence-electron chi connectivity index (χ1n) is 5.49. The Morgan fingerprint density at radius 3 is 2.50 bits per heavy atom. The summed E-state index contributed by atoms with van der Waals surface area (Å²) >= 11 is 0. The molecule has 0 bridgehead atoms. The Labute approximate surface area is 106 Å². The van der Waals surface area contributed by atoms with Crippen molar-refractivity contribution < 1.29 is 18.7 Å². The smallest absolute Gasteiger partial charge is 0.330 e. The second kappa shape index (κ2) is 6.00. The van der Waals surface area contributed by atoms with E-state index in [1.807, 2.05) is 0 Å². The van der Waals surface area contributed by atoms with Gasteiger partial charge in [-0.15, -0.1) is 0 Å². The van der Waals surface area contributed by atoms with Crippen LogP contribution in [0.2, 0.25) is 0 Å². The number of ether oxygens (including phenoxy) is 1. The van der Waals surface area contributed by atoms with Crippen molar-refractivity contribution in [2.75, 3.05) is 7.11 Å². The summed E-state index contributed by atoms with van der Waals surface area (Å²) in [5.74, 6) is 0.738. The molecule has 18 heavy (non-hydrogen) atoms. The van der Waals surface area contributed by atoms with E-state index in [1.165, 1.54) is 20.1 Å². The lowest BCUT2D eigenvalue weighted by Crippen LogP contribution is -1.94. The van der Waals surface area contributed by atoms with Crippen LogP contribution in [0, 0.1) is 6.92 Å². The summed E-state index contributed by atoms with van der Waals surface area (Å²) in [6, 6.07) is 1.68. The molecule has 0 saturated heterocycles. The van der Waals surface area contributed by atoms with Crippen LogP contribution in [0.1, 0.15) is 35.7 Å². The van der Waals surface area contributed by atoms with Crippen LogP contribution in [0.4, 0.5) is 0 Å². The minimum atomic E-state index is -0.405. The lowest BCUT2D eigenvalue weighted by molar-refractivity contribution is -0.134. The van der Waals surface area contributed by atoms with Crippen molar-refractivity contribution in [3.63, 3.8) is 0 Å². The lowest BCUT2D eigenvalue weighted by Gasteiger charge is -1.92. The van der Waals surface area contributed by atoms with E-state index < -0.39 is 5.97 Å². The first-order chi connectivity index (χ1) is 8.43. The van der Waals surface area contributed by atoms with Crippen molar-refractivity contribution in [1.29, 1.82) is 0 Å². The van der Waals surface area contributed by atoms with E-state index in [4.69, 9.17) is 4.42 Å². The van der Waals surface area contributed by atoms with Crippen molar-refractivity contribution in [2.24, 2.45) is 0 Å². The highest BCUT2D eigenvalue weighted by atomic mass is 16.5. The zero-order valence-electron chi connectivity index (χ0n) is 10.9. The van der Waals surface area contributed by atoms with E-state index in [9.17, 15) is 9.59 Å². The van der Waals surface area contributed by atoms with Crippen LogP contribution in [0.15, 0.2) is 28.2 Å². The minimum Gasteiger partial charge on any atom is -0.466 e. The molecule has 1 aromatic heterocycles. The first kappa shape index (κ1) is 14.0. The summed E-state index contributed by atoms with van der Waals surface area (Å²) in [5, 5.41) is 0. The molecule has 4 nitrogen and oxygen atoms in total. The average molecular weight is 248 g/mol. The molecule has 1 heterocycles. The maximum Gasteiger partial charge on any atom is 0.330 e. The Hall–Kier alpha value is -2.10. The number of methoxy groups -OCH3 is 1. The Morgan fingerprint density at radius 2 is 2.00 bits per heavy atom. The number of hydrogen-bond donors (Lipinski definition) is 0. The Bertz CT molecular complexity index is 518. The topological polar surface area (TPSA) is 56.5 Å². The van der Waals surface area contributed by atoms with E-state index in [2.05, 4.69) is 4.74 Å². The van der Waals surface area contributed by atoms with Crippen molar-refractivity contribution in [3.05, 3.63) is 40.9 Å². The predicted molar refractivity (Wildman–Crippen MR) is 68.3 cm³/mol. The van der Waals surface area contributed by atoms with Crippen molar-refractivity contribution >= 4 is 17.8 Å². The van der Waals surface area contributed by atoms with Crippen molar-refractivity contribution in [2.45, 2.75) is 20.8 Å². The predicted octanol–water partition coefficient (Wildman–Crippen LogP) is 2.92. The second-order valence-corrected chi connectivity index (χ2v) is 3.92. The maximum atomic E-state index is 11.2. The van der Waals surface area contributed by atoms with Gasteiger partial charge in [0, 0.05) is 6.08 Å². The van der Waals surface area contributed by atoms with Crippen LogP contribution in [0.25, 0.3) is 6.08 Å².